The topological polar surface area (TPSA) is 26.3 Å². The zero-order valence-corrected chi connectivity index (χ0v) is 19.6. The van der Waals surface area contributed by atoms with Gasteiger partial charge in [0.1, 0.15) is 0 Å². The predicted octanol–water partition coefficient (Wildman–Crippen LogP) is 7.07. The van der Waals surface area contributed by atoms with E-state index >= 15 is 0 Å². The van der Waals surface area contributed by atoms with Crippen LogP contribution in [-0.4, -0.2) is 13.1 Å². The maximum atomic E-state index is 11.6. The number of fused-ring (bicyclic) bond motifs is 1. The Kier molecular flexibility index (Phi) is 6.33. The van der Waals surface area contributed by atoms with Gasteiger partial charge < -0.3 is 4.74 Å². The fourth-order valence-corrected chi connectivity index (χ4v) is 3.99. The molecule has 0 amide bonds. The molecule has 0 unspecified atom stereocenters. The number of carbonyl (C=O) groups excluding carboxylic acids is 1. The number of hydrogen-bond acceptors (Lipinski definition) is 2. The van der Waals surface area contributed by atoms with Gasteiger partial charge in [0.2, 0.25) is 0 Å². The Labute approximate surface area is 196 Å². The van der Waals surface area contributed by atoms with Crippen LogP contribution in [-0.2, 0) is 10.2 Å². The summed E-state index contributed by atoms with van der Waals surface area (Å²) in [5, 5.41) is 0. The number of carbonyl (C=O) groups is 1. The molecule has 3 aromatic rings. The number of methoxy groups -OCH3 is 1. The molecule has 0 aromatic heterocycles. The highest BCUT2D eigenvalue weighted by Gasteiger charge is 2.27. The number of allylic oxidation sites excluding steroid dienone is 2. The van der Waals surface area contributed by atoms with Crippen LogP contribution in [0.2, 0.25) is 0 Å². The number of esters is 1. The molecule has 0 heterocycles. The van der Waals surface area contributed by atoms with E-state index in [1.54, 1.807) is 12.1 Å². The second kappa shape index (κ2) is 9.35. The van der Waals surface area contributed by atoms with Gasteiger partial charge >= 0.3 is 5.97 Å². The molecule has 33 heavy (non-hydrogen) atoms. The van der Waals surface area contributed by atoms with Gasteiger partial charge in [-0.05, 0) is 71.3 Å². The van der Waals surface area contributed by atoms with Gasteiger partial charge in [0.25, 0.3) is 0 Å². The summed E-state index contributed by atoms with van der Waals surface area (Å²) in [6.07, 6.45) is 7.39. The molecule has 0 bridgehead atoms. The van der Waals surface area contributed by atoms with Crippen molar-refractivity contribution in [2.24, 2.45) is 0 Å². The van der Waals surface area contributed by atoms with E-state index in [1.807, 2.05) is 12.1 Å². The van der Waals surface area contributed by atoms with Gasteiger partial charge in [-0.3, -0.25) is 0 Å². The van der Waals surface area contributed by atoms with Gasteiger partial charge in [0.05, 0.1) is 12.7 Å². The largest absolute Gasteiger partial charge is 0.465 e. The average molecular weight is 433 g/mol. The summed E-state index contributed by atoms with van der Waals surface area (Å²) in [6, 6.07) is 22.4. The van der Waals surface area contributed by atoms with E-state index in [9.17, 15) is 4.79 Å². The zero-order chi connectivity index (χ0) is 23.4. The van der Waals surface area contributed by atoms with Gasteiger partial charge in [-0.15, -0.1) is 0 Å². The predicted molar refractivity (Wildman–Crippen MR) is 137 cm³/mol. The lowest BCUT2D eigenvalue weighted by atomic mass is 9.73. The van der Waals surface area contributed by atoms with E-state index in [-0.39, 0.29) is 11.4 Å². The molecule has 4 rings (SSSR count). The maximum absolute atomic E-state index is 11.6. The second-order valence-corrected chi connectivity index (χ2v) is 9.07. The highest BCUT2D eigenvalue weighted by atomic mass is 16.5. The van der Waals surface area contributed by atoms with Crippen LogP contribution in [0.25, 0.3) is 17.7 Å². The Balaban J connectivity index is 1.63. The first kappa shape index (κ1) is 22.4. The lowest BCUT2D eigenvalue weighted by Gasteiger charge is -2.31. The molecular formula is C31H28O2. The van der Waals surface area contributed by atoms with Crippen LogP contribution in [0.5, 0.6) is 0 Å². The second-order valence-electron chi connectivity index (χ2n) is 9.07. The van der Waals surface area contributed by atoms with Crippen molar-refractivity contribution in [1.82, 2.24) is 0 Å². The lowest BCUT2D eigenvalue weighted by Crippen LogP contribution is -2.21. The molecule has 0 atom stereocenters. The summed E-state index contributed by atoms with van der Waals surface area (Å²) in [5.74, 6) is 6.43. The van der Waals surface area contributed by atoms with Crippen LogP contribution in [0.1, 0.15) is 64.0 Å². The van der Waals surface area contributed by atoms with E-state index < -0.39 is 0 Å². The Morgan fingerprint density at radius 1 is 0.909 bits per heavy atom. The molecular weight excluding hydrogens is 404 g/mol. The van der Waals surface area contributed by atoms with E-state index in [4.69, 9.17) is 4.74 Å². The Morgan fingerprint density at radius 3 is 2.27 bits per heavy atom. The average Bonchev–Trinajstić information content (AvgIpc) is 2.83. The van der Waals surface area contributed by atoms with E-state index in [2.05, 4.69) is 93.3 Å². The van der Waals surface area contributed by atoms with Crippen molar-refractivity contribution in [3.63, 3.8) is 0 Å². The Morgan fingerprint density at radius 2 is 1.58 bits per heavy atom. The molecule has 0 N–H and O–H groups in total. The molecule has 3 aromatic carbocycles. The number of hydrogen-bond donors (Lipinski definition) is 0. The molecule has 0 aliphatic heterocycles. The summed E-state index contributed by atoms with van der Waals surface area (Å²) < 4.78 is 4.77. The number of ether oxygens (including phenoxy) is 1. The molecule has 164 valence electrons. The van der Waals surface area contributed by atoms with E-state index in [0.717, 1.165) is 28.7 Å². The van der Waals surface area contributed by atoms with E-state index in [1.165, 1.54) is 23.8 Å². The standard InChI is InChI=1S/C31H28O2/c1-22-5-7-23(8-6-22)11-15-26-19-20-31(2,3)29-18-14-25(21-28(26)29)10-9-24-12-16-27(17-13-24)30(32)33-4/h5-10,12-14,16-19,21H,20H2,1-4H3. The molecule has 1 aliphatic rings. The first-order valence-electron chi connectivity index (χ1n) is 11.2. The number of aryl methyl sites for hydroxylation is 1. The van der Waals surface area contributed by atoms with Crippen LogP contribution in [0.15, 0.2) is 72.8 Å². The van der Waals surface area contributed by atoms with Gasteiger partial charge in [-0.1, -0.05) is 85.9 Å². The van der Waals surface area contributed by atoms with Crippen molar-refractivity contribution in [2.75, 3.05) is 7.11 Å². The van der Waals surface area contributed by atoms with Crippen LogP contribution in [0.3, 0.4) is 0 Å². The fraction of sp³-hybridized carbons (Fsp3) is 0.194. The Hall–Kier alpha value is -3.83. The van der Waals surface area contributed by atoms with Crippen LogP contribution in [0, 0.1) is 18.8 Å². The van der Waals surface area contributed by atoms with Crippen molar-refractivity contribution in [2.45, 2.75) is 32.6 Å². The van der Waals surface area contributed by atoms with Crippen LogP contribution >= 0.6 is 0 Å². The third kappa shape index (κ3) is 5.16. The van der Waals surface area contributed by atoms with Crippen molar-refractivity contribution in [3.8, 4) is 11.8 Å². The highest BCUT2D eigenvalue weighted by Crippen LogP contribution is 2.39. The normalized spacial score (nSPS) is 14.1. The third-order valence-electron chi connectivity index (χ3n) is 6.07. The molecule has 2 heteroatoms. The zero-order valence-electron chi connectivity index (χ0n) is 19.6. The molecule has 1 aliphatic carbocycles. The molecule has 0 spiro atoms. The third-order valence-corrected chi connectivity index (χ3v) is 6.07. The number of benzene rings is 3. The van der Waals surface area contributed by atoms with Gasteiger partial charge in [0.15, 0.2) is 0 Å². The highest BCUT2D eigenvalue weighted by molar-refractivity contribution is 5.90. The summed E-state index contributed by atoms with van der Waals surface area (Å²) in [4.78, 5) is 11.6. The minimum atomic E-state index is -0.325. The fourth-order valence-electron chi connectivity index (χ4n) is 3.99. The molecule has 0 saturated heterocycles. The lowest BCUT2D eigenvalue weighted by molar-refractivity contribution is 0.0600. The molecule has 0 radical (unpaired) electrons. The van der Waals surface area contributed by atoms with Crippen molar-refractivity contribution >= 4 is 23.7 Å². The quantitative estimate of drug-likeness (QED) is 0.251. The smallest absolute Gasteiger partial charge is 0.337 e. The minimum absolute atomic E-state index is 0.0797. The van der Waals surface area contributed by atoms with Gasteiger partial charge in [-0.2, -0.15) is 0 Å². The minimum Gasteiger partial charge on any atom is -0.465 e. The maximum Gasteiger partial charge on any atom is 0.337 e. The molecule has 0 saturated carbocycles. The van der Waals surface area contributed by atoms with Gasteiger partial charge in [-0.25, -0.2) is 4.79 Å². The molecule has 2 nitrogen and oxygen atoms in total. The summed E-state index contributed by atoms with van der Waals surface area (Å²) in [7, 11) is 1.39. The number of rotatable bonds is 3. The first-order valence-corrected chi connectivity index (χ1v) is 11.2. The SMILES string of the molecule is COC(=O)c1ccc(C=Cc2ccc3c(c2)C(C#Cc2ccc(C)cc2)=CCC3(C)C)cc1. The van der Waals surface area contributed by atoms with Gasteiger partial charge in [0, 0.05) is 11.1 Å². The summed E-state index contributed by atoms with van der Waals surface area (Å²) >= 11 is 0. The first-order chi connectivity index (χ1) is 15.9. The summed E-state index contributed by atoms with van der Waals surface area (Å²) in [5.41, 5.74) is 8.65. The van der Waals surface area contributed by atoms with Crippen molar-refractivity contribution in [1.29, 1.82) is 0 Å². The van der Waals surface area contributed by atoms with Crippen molar-refractivity contribution in [3.05, 3.63) is 112 Å². The molecule has 0 fully saturated rings. The van der Waals surface area contributed by atoms with Crippen molar-refractivity contribution < 1.29 is 9.53 Å². The monoisotopic (exact) mass is 432 g/mol. The van der Waals surface area contributed by atoms with Crippen LogP contribution in [0.4, 0.5) is 0 Å². The summed E-state index contributed by atoms with van der Waals surface area (Å²) in [6.45, 7) is 6.65. The Bertz CT molecular complexity index is 1290. The van der Waals surface area contributed by atoms with E-state index in [0.29, 0.717) is 5.56 Å². The van der Waals surface area contributed by atoms with Crippen LogP contribution < -0.4 is 0 Å².